The number of fused-ring (bicyclic) bond motifs is 2. The number of ether oxygens (including phenoxy) is 1. The molecule has 0 spiro atoms. The first-order chi connectivity index (χ1) is 21.5. The van der Waals surface area contributed by atoms with Crippen molar-refractivity contribution in [1.29, 1.82) is 0 Å². The molecule has 1 aliphatic heterocycles. The molecular formula is C35H36FN7O. The minimum Gasteiger partial charge on any atom is -0.492 e. The molecule has 0 aliphatic carbocycles. The average Bonchev–Trinajstić information content (AvgIpc) is 3.65. The van der Waals surface area contributed by atoms with Gasteiger partial charge in [-0.15, -0.1) is 0 Å². The van der Waals surface area contributed by atoms with Crippen LogP contribution < -0.4 is 4.74 Å². The largest absolute Gasteiger partial charge is 0.492 e. The number of aromatic amines is 2. The molecule has 0 bridgehead atoms. The highest BCUT2D eigenvalue weighted by Gasteiger charge is 2.17. The molecule has 5 heterocycles. The van der Waals surface area contributed by atoms with Gasteiger partial charge in [-0.25, -0.2) is 4.39 Å². The van der Waals surface area contributed by atoms with Crippen LogP contribution in [0.1, 0.15) is 24.8 Å². The first kappa shape index (κ1) is 28.2. The Balaban J connectivity index is 1.21. The van der Waals surface area contributed by atoms with E-state index in [1.54, 1.807) is 6.20 Å². The molecule has 1 fully saturated rings. The molecule has 1 saturated heterocycles. The fraction of sp³-hybridized carbons (Fsp3) is 0.286. The number of benzene rings is 2. The summed E-state index contributed by atoms with van der Waals surface area (Å²) in [6.07, 6.45) is 9.51. The quantitative estimate of drug-likeness (QED) is 0.191. The number of hydrogen-bond acceptors (Lipinski definition) is 6. The van der Waals surface area contributed by atoms with Crippen molar-refractivity contribution in [3.8, 4) is 39.5 Å². The van der Waals surface area contributed by atoms with Crippen LogP contribution in [0.2, 0.25) is 0 Å². The van der Waals surface area contributed by atoms with Gasteiger partial charge in [-0.3, -0.25) is 20.0 Å². The molecule has 224 valence electrons. The molecule has 9 heteroatoms. The maximum Gasteiger partial charge on any atom is 0.127 e. The summed E-state index contributed by atoms with van der Waals surface area (Å²) in [6.45, 7) is 4.44. The Morgan fingerprint density at radius 2 is 1.73 bits per heavy atom. The standard InChI is InChI=1S/C35H36FN7O/c1-42(2)12-13-44-28-16-25(15-27(36)18-28)34-30-19-33(39-31(30)8-9-38-34)35-29-17-24(6-7-32(29)40-41-35)26-14-23(20-37-21-26)22-43-10-4-3-5-11-43/h6-9,14-21,39H,3-5,10-13,22H2,1-2H3,(H,40,41). The summed E-state index contributed by atoms with van der Waals surface area (Å²) in [4.78, 5) is 17.3. The second-order valence-electron chi connectivity index (χ2n) is 11.9. The Morgan fingerprint density at radius 1 is 0.864 bits per heavy atom. The number of piperidine rings is 1. The fourth-order valence-corrected chi connectivity index (χ4v) is 6.05. The van der Waals surface area contributed by atoms with E-state index in [0.717, 1.165) is 70.5 Å². The van der Waals surface area contributed by atoms with E-state index in [4.69, 9.17) is 4.74 Å². The van der Waals surface area contributed by atoms with Crippen molar-refractivity contribution in [2.75, 3.05) is 40.3 Å². The number of likely N-dealkylation sites (tertiary alicyclic amines) is 1. The van der Waals surface area contributed by atoms with Crippen molar-refractivity contribution >= 4 is 21.8 Å². The van der Waals surface area contributed by atoms with Crippen molar-refractivity contribution in [2.45, 2.75) is 25.8 Å². The monoisotopic (exact) mass is 589 g/mol. The summed E-state index contributed by atoms with van der Waals surface area (Å²) in [5, 5.41) is 9.76. The van der Waals surface area contributed by atoms with Crippen LogP contribution in [0.25, 0.3) is 55.6 Å². The van der Waals surface area contributed by atoms with Gasteiger partial charge >= 0.3 is 0 Å². The van der Waals surface area contributed by atoms with Gasteiger partial charge in [0, 0.05) is 65.2 Å². The van der Waals surface area contributed by atoms with Crippen molar-refractivity contribution in [3.63, 3.8) is 0 Å². The molecule has 2 N–H and O–H groups in total. The predicted molar refractivity (Wildman–Crippen MR) is 173 cm³/mol. The third-order valence-electron chi connectivity index (χ3n) is 8.30. The van der Waals surface area contributed by atoms with Gasteiger partial charge in [0.05, 0.1) is 16.9 Å². The molecule has 0 unspecified atom stereocenters. The van der Waals surface area contributed by atoms with Gasteiger partial charge < -0.3 is 14.6 Å². The van der Waals surface area contributed by atoms with Crippen LogP contribution >= 0.6 is 0 Å². The van der Waals surface area contributed by atoms with Crippen LogP contribution in [0.15, 0.2) is 73.2 Å². The number of halogens is 1. The first-order valence-corrected chi connectivity index (χ1v) is 15.2. The van der Waals surface area contributed by atoms with E-state index in [1.165, 1.54) is 37.0 Å². The van der Waals surface area contributed by atoms with Crippen LogP contribution in [0.3, 0.4) is 0 Å². The zero-order valence-electron chi connectivity index (χ0n) is 25.1. The summed E-state index contributed by atoms with van der Waals surface area (Å²) in [5.74, 6) is 0.119. The number of likely N-dealkylation sites (N-methyl/N-ethyl adjacent to an activating group) is 1. The van der Waals surface area contributed by atoms with Gasteiger partial charge in [0.1, 0.15) is 23.9 Å². The van der Waals surface area contributed by atoms with Gasteiger partial charge in [-0.2, -0.15) is 5.10 Å². The summed E-state index contributed by atoms with van der Waals surface area (Å²) < 4.78 is 20.5. The lowest BCUT2D eigenvalue weighted by Crippen LogP contribution is -2.29. The van der Waals surface area contributed by atoms with Crippen molar-refractivity contribution in [2.24, 2.45) is 0 Å². The van der Waals surface area contributed by atoms with E-state index in [0.29, 0.717) is 23.6 Å². The Labute approximate surface area is 255 Å². The number of nitrogens with one attached hydrogen (secondary N) is 2. The predicted octanol–water partition coefficient (Wildman–Crippen LogP) is 6.90. The zero-order valence-corrected chi connectivity index (χ0v) is 25.1. The zero-order chi connectivity index (χ0) is 30.0. The lowest BCUT2D eigenvalue weighted by atomic mass is 10.0. The maximum absolute atomic E-state index is 14.7. The molecule has 1 aliphatic rings. The number of nitrogens with zero attached hydrogens (tertiary/aromatic N) is 5. The summed E-state index contributed by atoms with van der Waals surface area (Å²) in [7, 11) is 3.95. The number of aromatic nitrogens is 5. The van der Waals surface area contributed by atoms with E-state index >= 15 is 0 Å². The lowest BCUT2D eigenvalue weighted by Gasteiger charge is -2.26. The molecule has 8 nitrogen and oxygen atoms in total. The molecule has 0 atom stereocenters. The van der Waals surface area contributed by atoms with Crippen LogP contribution in [0.4, 0.5) is 4.39 Å². The number of H-pyrrole nitrogens is 2. The summed E-state index contributed by atoms with van der Waals surface area (Å²) in [6, 6.07) is 17.3. The Kier molecular flexibility index (Phi) is 7.80. The average molecular weight is 590 g/mol. The molecule has 6 aromatic rings. The maximum atomic E-state index is 14.7. The third kappa shape index (κ3) is 5.93. The normalized spacial score (nSPS) is 14.2. The van der Waals surface area contributed by atoms with Gasteiger partial charge in [0.25, 0.3) is 0 Å². The fourth-order valence-electron chi connectivity index (χ4n) is 6.05. The van der Waals surface area contributed by atoms with Gasteiger partial charge in [-0.05, 0) is 93.6 Å². The minimum absolute atomic E-state index is 0.364. The van der Waals surface area contributed by atoms with Gasteiger partial charge in [0.15, 0.2) is 0 Å². The third-order valence-corrected chi connectivity index (χ3v) is 8.30. The molecular weight excluding hydrogens is 553 g/mol. The van der Waals surface area contributed by atoms with E-state index in [9.17, 15) is 4.39 Å². The molecule has 0 saturated carbocycles. The van der Waals surface area contributed by atoms with Crippen LogP contribution in [0.5, 0.6) is 5.75 Å². The Morgan fingerprint density at radius 3 is 2.59 bits per heavy atom. The molecule has 44 heavy (non-hydrogen) atoms. The van der Waals surface area contributed by atoms with Crippen LogP contribution in [-0.2, 0) is 6.54 Å². The highest BCUT2D eigenvalue weighted by atomic mass is 19.1. The van der Waals surface area contributed by atoms with Crippen LogP contribution in [0, 0.1) is 5.82 Å². The molecule has 2 aromatic carbocycles. The highest BCUT2D eigenvalue weighted by molar-refractivity contribution is 6.00. The van der Waals surface area contributed by atoms with E-state index in [2.05, 4.69) is 54.3 Å². The smallest absolute Gasteiger partial charge is 0.127 e. The van der Waals surface area contributed by atoms with Gasteiger partial charge in [0.2, 0.25) is 0 Å². The van der Waals surface area contributed by atoms with Crippen molar-refractivity contribution in [1.82, 2.24) is 34.9 Å². The molecule has 4 aromatic heterocycles. The number of hydrogen-bond donors (Lipinski definition) is 2. The highest BCUT2D eigenvalue weighted by Crippen LogP contribution is 2.35. The second-order valence-corrected chi connectivity index (χ2v) is 11.9. The molecule has 0 amide bonds. The Bertz CT molecular complexity index is 1920. The summed E-state index contributed by atoms with van der Waals surface area (Å²) in [5.41, 5.74) is 8.26. The Hall–Kier alpha value is -4.60. The van der Waals surface area contributed by atoms with Gasteiger partial charge in [-0.1, -0.05) is 12.5 Å². The molecule has 0 radical (unpaired) electrons. The molecule has 7 rings (SSSR count). The topological polar surface area (TPSA) is 86.0 Å². The SMILES string of the molecule is CN(C)CCOc1cc(F)cc(-c2nccc3[nH]c(-c4n[nH]c5ccc(-c6cncc(CN7CCCCC7)c6)cc45)cc23)c1. The van der Waals surface area contributed by atoms with E-state index in [-0.39, 0.29) is 5.82 Å². The number of pyridine rings is 2. The first-order valence-electron chi connectivity index (χ1n) is 15.2. The second kappa shape index (κ2) is 12.2. The van der Waals surface area contributed by atoms with Crippen LogP contribution in [-0.4, -0.2) is 75.3 Å². The lowest BCUT2D eigenvalue weighted by molar-refractivity contribution is 0.220. The van der Waals surface area contributed by atoms with E-state index < -0.39 is 0 Å². The minimum atomic E-state index is -0.364. The van der Waals surface area contributed by atoms with E-state index in [1.807, 2.05) is 49.6 Å². The number of rotatable bonds is 9. The van der Waals surface area contributed by atoms with Crippen molar-refractivity contribution < 1.29 is 9.13 Å². The van der Waals surface area contributed by atoms with Crippen molar-refractivity contribution in [3.05, 3.63) is 84.6 Å². The summed E-state index contributed by atoms with van der Waals surface area (Å²) >= 11 is 0.